The molecule has 4 heteroatoms. The second-order valence-corrected chi connectivity index (χ2v) is 2.35. The second-order valence-electron chi connectivity index (χ2n) is 1.56. The molecule has 1 aromatic heterocycles. The maximum Gasteiger partial charge on any atom is 0.150 e. The Morgan fingerprint density at radius 2 is 2.22 bits per heavy atom. The molecule has 1 rings (SSSR count). The minimum atomic E-state index is 0.0648. The van der Waals surface area contributed by atoms with E-state index in [0.717, 1.165) is 0 Å². The number of aromatic nitrogens is 1. The van der Waals surface area contributed by atoms with Crippen molar-refractivity contribution < 1.29 is 5.11 Å². The van der Waals surface area contributed by atoms with E-state index in [0.29, 0.717) is 10.2 Å². The van der Waals surface area contributed by atoms with Gasteiger partial charge in [-0.25, -0.2) is 0 Å². The van der Waals surface area contributed by atoms with E-state index in [9.17, 15) is 0 Å². The van der Waals surface area contributed by atoms with Crippen molar-refractivity contribution in [2.45, 2.75) is 0 Å². The average molecular weight is 189 g/mol. The van der Waals surface area contributed by atoms with Crippen molar-refractivity contribution in [3.05, 3.63) is 16.9 Å². The molecule has 0 saturated carbocycles. The zero-order valence-electron chi connectivity index (χ0n) is 4.50. The average Bonchev–Trinajstić information content (AvgIpc) is 1.83. The number of aromatic hydroxyl groups is 1. The predicted molar refractivity (Wildman–Crippen MR) is 38.0 cm³/mol. The van der Waals surface area contributed by atoms with E-state index in [2.05, 4.69) is 20.9 Å². The fourth-order valence-electron chi connectivity index (χ4n) is 0.449. The molecule has 9 heavy (non-hydrogen) atoms. The van der Waals surface area contributed by atoms with Gasteiger partial charge in [-0.2, -0.15) is 0 Å². The van der Waals surface area contributed by atoms with Crippen molar-refractivity contribution in [1.82, 2.24) is 4.98 Å². The Hall–Kier alpha value is -0.770. The van der Waals surface area contributed by atoms with Crippen LogP contribution in [0.3, 0.4) is 0 Å². The second kappa shape index (κ2) is 2.23. The van der Waals surface area contributed by atoms with Gasteiger partial charge in [0.15, 0.2) is 0 Å². The molecule has 0 aliphatic heterocycles. The van der Waals surface area contributed by atoms with Gasteiger partial charge in [0.2, 0.25) is 0 Å². The molecule has 0 saturated heterocycles. The number of halogens is 1. The fraction of sp³-hybridized carbons (Fsp3) is 0. The number of anilines is 1. The van der Waals surface area contributed by atoms with Gasteiger partial charge in [0.1, 0.15) is 5.75 Å². The molecule has 0 atom stereocenters. The third-order valence-electron chi connectivity index (χ3n) is 0.889. The summed E-state index contributed by atoms with van der Waals surface area (Å²) in [5, 5.41) is 8.91. The normalized spacial score (nSPS) is 9.44. The van der Waals surface area contributed by atoms with E-state index in [1.807, 2.05) is 0 Å². The van der Waals surface area contributed by atoms with Crippen LogP contribution in [0.2, 0.25) is 0 Å². The Kier molecular flexibility index (Phi) is 1.57. The molecule has 0 fully saturated rings. The number of nitrogens with zero attached hydrogens (tertiary/aromatic N) is 1. The summed E-state index contributed by atoms with van der Waals surface area (Å²) in [6, 6.07) is 0. The van der Waals surface area contributed by atoms with E-state index in [1.54, 1.807) is 0 Å². The molecule has 0 bridgehead atoms. The third-order valence-corrected chi connectivity index (χ3v) is 1.75. The first-order valence-corrected chi connectivity index (χ1v) is 3.09. The van der Waals surface area contributed by atoms with Crippen molar-refractivity contribution in [1.29, 1.82) is 0 Å². The zero-order chi connectivity index (χ0) is 6.85. The molecule has 0 amide bonds. The van der Waals surface area contributed by atoms with Crippen molar-refractivity contribution >= 4 is 21.6 Å². The van der Waals surface area contributed by atoms with Gasteiger partial charge in [-0.3, -0.25) is 4.98 Å². The van der Waals surface area contributed by atoms with Crippen LogP contribution in [0.15, 0.2) is 16.9 Å². The summed E-state index contributed by atoms with van der Waals surface area (Å²) in [5.74, 6) is 0.0648. The summed E-state index contributed by atoms with van der Waals surface area (Å²) in [4.78, 5) is 3.64. The highest BCUT2D eigenvalue weighted by Gasteiger charge is 1.98. The standard InChI is InChI=1S/C5H5BrN2O/c6-5-3(7)1-8-2-4(5)9/h1-2,9H,7H2. The first kappa shape index (κ1) is 6.35. The highest BCUT2D eigenvalue weighted by Crippen LogP contribution is 2.26. The summed E-state index contributed by atoms with van der Waals surface area (Å²) in [6.07, 6.45) is 2.78. The van der Waals surface area contributed by atoms with Gasteiger partial charge in [0.25, 0.3) is 0 Å². The number of nitrogens with two attached hydrogens (primary N) is 1. The molecule has 48 valence electrons. The Bertz CT molecular complexity index is 206. The first-order chi connectivity index (χ1) is 4.22. The lowest BCUT2D eigenvalue weighted by atomic mass is 10.4. The van der Waals surface area contributed by atoms with Crippen LogP contribution < -0.4 is 5.73 Å². The van der Waals surface area contributed by atoms with E-state index >= 15 is 0 Å². The Balaban J connectivity index is 3.25. The molecule has 3 nitrogen and oxygen atoms in total. The molecular formula is C5H5BrN2O. The van der Waals surface area contributed by atoms with Gasteiger partial charge < -0.3 is 10.8 Å². The number of hydrogen-bond donors (Lipinski definition) is 2. The monoisotopic (exact) mass is 188 g/mol. The molecule has 0 aliphatic rings. The van der Waals surface area contributed by atoms with E-state index in [-0.39, 0.29) is 5.75 Å². The third kappa shape index (κ3) is 1.13. The molecule has 1 heterocycles. The Morgan fingerprint density at radius 3 is 2.67 bits per heavy atom. The molecule has 0 aliphatic carbocycles. The van der Waals surface area contributed by atoms with E-state index < -0.39 is 0 Å². The van der Waals surface area contributed by atoms with Crippen LogP contribution in [0.1, 0.15) is 0 Å². The van der Waals surface area contributed by atoms with Gasteiger partial charge in [0.05, 0.1) is 22.6 Å². The highest BCUT2D eigenvalue weighted by atomic mass is 79.9. The number of nitrogen functional groups attached to an aromatic ring is 1. The lowest BCUT2D eigenvalue weighted by Gasteiger charge is -1.96. The summed E-state index contributed by atoms with van der Waals surface area (Å²) >= 11 is 3.06. The summed E-state index contributed by atoms with van der Waals surface area (Å²) < 4.78 is 0.498. The maximum atomic E-state index is 8.91. The van der Waals surface area contributed by atoms with Gasteiger partial charge in [0, 0.05) is 0 Å². The van der Waals surface area contributed by atoms with E-state index in [1.165, 1.54) is 12.4 Å². The highest BCUT2D eigenvalue weighted by molar-refractivity contribution is 9.10. The van der Waals surface area contributed by atoms with E-state index in [4.69, 9.17) is 10.8 Å². The van der Waals surface area contributed by atoms with Crippen LogP contribution in [-0.2, 0) is 0 Å². The molecular weight excluding hydrogens is 184 g/mol. The van der Waals surface area contributed by atoms with Crippen LogP contribution in [0.4, 0.5) is 5.69 Å². The van der Waals surface area contributed by atoms with Crippen molar-refractivity contribution in [3.8, 4) is 5.75 Å². The van der Waals surface area contributed by atoms with Crippen molar-refractivity contribution in [2.75, 3.05) is 5.73 Å². The maximum absolute atomic E-state index is 8.91. The van der Waals surface area contributed by atoms with Gasteiger partial charge in [-0.05, 0) is 15.9 Å². The van der Waals surface area contributed by atoms with Crippen molar-refractivity contribution in [2.24, 2.45) is 0 Å². The Labute approximate surface area is 60.7 Å². The summed E-state index contributed by atoms with van der Waals surface area (Å²) in [7, 11) is 0. The number of hydrogen-bond acceptors (Lipinski definition) is 3. The van der Waals surface area contributed by atoms with Crippen LogP contribution in [0.5, 0.6) is 5.75 Å². The molecule has 3 N–H and O–H groups in total. The van der Waals surface area contributed by atoms with Crippen LogP contribution in [-0.4, -0.2) is 10.1 Å². The summed E-state index contributed by atoms with van der Waals surface area (Å²) in [5.41, 5.74) is 5.79. The Morgan fingerprint density at radius 1 is 1.56 bits per heavy atom. The SMILES string of the molecule is Nc1cncc(O)c1Br. The predicted octanol–water partition coefficient (Wildman–Crippen LogP) is 1.13. The van der Waals surface area contributed by atoms with Crippen LogP contribution in [0.25, 0.3) is 0 Å². The quantitative estimate of drug-likeness (QED) is 0.643. The number of rotatable bonds is 0. The van der Waals surface area contributed by atoms with Crippen LogP contribution >= 0.6 is 15.9 Å². The minimum Gasteiger partial charge on any atom is -0.505 e. The number of pyridine rings is 1. The molecule has 1 aromatic rings. The largest absolute Gasteiger partial charge is 0.505 e. The topological polar surface area (TPSA) is 59.1 Å². The molecule has 0 radical (unpaired) electrons. The van der Waals surface area contributed by atoms with Gasteiger partial charge in [-0.15, -0.1) is 0 Å². The van der Waals surface area contributed by atoms with Crippen LogP contribution in [0, 0.1) is 0 Å². The fourth-order valence-corrected chi connectivity index (χ4v) is 0.654. The molecule has 0 spiro atoms. The molecule has 0 aromatic carbocycles. The van der Waals surface area contributed by atoms with Crippen molar-refractivity contribution in [3.63, 3.8) is 0 Å². The van der Waals surface area contributed by atoms with Gasteiger partial charge >= 0.3 is 0 Å². The minimum absolute atomic E-state index is 0.0648. The molecule has 0 unspecified atom stereocenters. The van der Waals surface area contributed by atoms with Gasteiger partial charge in [-0.1, -0.05) is 0 Å². The first-order valence-electron chi connectivity index (χ1n) is 2.30. The summed E-state index contributed by atoms with van der Waals surface area (Å²) in [6.45, 7) is 0. The zero-order valence-corrected chi connectivity index (χ0v) is 6.09. The smallest absolute Gasteiger partial charge is 0.150 e. The lowest BCUT2D eigenvalue weighted by molar-refractivity contribution is 0.469. The lowest BCUT2D eigenvalue weighted by Crippen LogP contribution is -1.86.